The number of nitrogens with zero attached hydrogens (tertiary/aromatic N) is 4. The van der Waals surface area contributed by atoms with E-state index in [1.807, 2.05) is 42.5 Å². The fourth-order valence-corrected chi connectivity index (χ4v) is 3.94. The summed E-state index contributed by atoms with van der Waals surface area (Å²) in [4.78, 5) is 17.2. The number of rotatable bonds is 3. The topological polar surface area (TPSA) is 71.6 Å². The van der Waals surface area contributed by atoms with Crippen molar-refractivity contribution in [2.45, 2.75) is 5.92 Å². The van der Waals surface area contributed by atoms with Gasteiger partial charge in [-0.25, -0.2) is 4.98 Å². The van der Waals surface area contributed by atoms with Gasteiger partial charge in [-0.1, -0.05) is 41.9 Å². The predicted molar refractivity (Wildman–Crippen MR) is 102 cm³/mol. The molecule has 4 aromatic rings. The minimum Gasteiger partial charge on any atom is -0.266 e. The first-order chi connectivity index (χ1) is 12.7. The molecule has 0 fully saturated rings. The molecular formula is C19H11ClN4OS. The molecule has 26 heavy (non-hydrogen) atoms. The van der Waals surface area contributed by atoms with Gasteiger partial charge in [0.2, 0.25) is 0 Å². The van der Waals surface area contributed by atoms with Crippen LogP contribution in [0, 0.1) is 11.3 Å². The molecule has 2 aromatic heterocycles. The molecule has 0 radical (unpaired) electrons. The number of halogens is 1. The minimum absolute atomic E-state index is 0.0188. The van der Waals surface area contributed by atoms with Crippen molar-refractivity contribution >= 4 is 33.2 Å². The van der Waals surface area contributed by atoms with Crippen molar-refractivity contribution in [3.8, 4) is 11.8 Å². The summed E-state index contributed by atoms with van der Waals surface area (Å²) in [6.45, 7) is 0. The lowest BCUT2D eigenvalue weighted by Gasteiger charge is -2.10. The quantitative estimate of drug-likeness (QED) is 0.536. The summed E-state index contributed by atoms with van der Waals surface area (Å²) in [5.41, 5.74) is 1.33. The minimum atomic E-state index is -0.745. The molecule has 126 valence electrons. The Morgan fingerprint density at radius 2 is 1.85 bits per heavy atom. The Morgan fingerprint density at radius 3 is 2.58 bits per heavy atom. The third-order valence-electron chi connectivity index (χ3n) is 3.94. The van der Waals surface area contributed by atoms with Gasteiger partial charge in [-0.3, -0.25) is 4.79 Å². The molecule has 0 N–H and O–H groups in total. The van der Waals surface area contributed by atoms with Crippen LogP contribution in [0.25, 0.3) is 15.9 Å². The highest BCUT2D eigenvalue weighted by Gasteiger charge is 2.23. The van der Waals surface area contributed by atoms with Crippen molar-refractivity contribution in [3.63, 3.8) is 0 Å². The standard InChI is InChI=1S/C19H11ClN4OS/c20-17-14(11-22-24(19(17)25)12-6-2-1-3-7-12)13(10-21)18-23-15-8-4-5-9-16(15)26-18/h1-9,11,13H/t13-/m0/s1. The highest BCUT2D eigenvalue weighted by molar-refractivity contribution is 7.18. The van der Waals surface area contributed by atoms with E-state index in [0.717, 1.165) is 10.2 Å². The van der Waals surface area contributed by atoms with E-state index in [1.54, 1.807) is 12.1 Å². The molecule has 1 atom stereocenters. The number of hydrogen-bond acceptors (Lipinski definition) is 5. The monoisotopic (exact) mass is 378 g/mol. The Morgan fingerprint density at radius 1 is 1.12 bits per heavy atom. The van der Waals surface area contributed by atoms with E-state index in [4.69, 9.17) is 11.6 Å². The molecule has 0 amide bonds. The molecule has 0 saturated heterocycles. The number of fused-ring (bicyclic) bond motifs is 1. The molecule has 4 rings (SSSR count). The Kier molecular flexibility index (Phi) is 4.25. The molecule has 0 unspecified atom stereocenters. The molecule has 2 heterocycles. The molecule has 0 bridgehead atoms. The Labute approximate surface area is 157 Å². The molecule has 0 aliphatic heterocycles. The average Bonchev–Trinajstić information content (AvgIpc) is 3.10. The fraction of sp³-hybridized carbons (Fsp3) is 0.0526. The van der Waals surface area contributed by atoms with Crippen LogP contribution in [0.5, 0.6) is 0 Å². The zero-order chi connectivity index (χ0) is 18.1. The van der Waals surface area contributed by atoms with Gasteiger partial charge < -0.3 is 0 Å². The number of nitriles is 1. The second-order valence-electron chi connectivity index (χ2n) is 5.55. The Hall–Kier alpha value is -3.01. The van der Waals surface area contributed by atoms with Gasteiger partial charge in [0.1, 0.15) is 15.9 Å². The van der Waals surface area contributed by atoms with Crippen molar-refractivity contribution < 1.29 is 0 Å². The van der Waals surface area contributed by atoms with E-state index in [0.29, 0.717) is 16.3 Å². The van der Waals surface area contributed by atoms with Gasteiger partial charge in [-0.2, -0.15) is 15.0 Å². The number of thiazole rings is 1. The van der Waals surface area contributed by atoms with E-state index in [2.05, 4.69) is 16.2 Å². The lowest BCUT2D eigenvalue weighted by atomic mass is 10.0. The van der Waals surface area contributed by atoms with Crippen LogP contribution < -0.4 is 5.56 Å². The summed E-state index contributed by atoms with van der Waals surface area (Å²) in [7, 11) is 0. The van der Waals surface area contributed by atoms with Gasteiger partial charge in [0.15, 0.2) is 0 Å². The third kappa shape index (κ3) is 2.77. The summed E-state index contributed by atoms with van der Waals surface area (Å²) in [5.74, 6) is -0.745. The number of benzene rings is 2. The predicted octanol–water partition coefficient (Wildman–Crippen LogP) is 4.15. The first-order valence-corrected chi connectivity index (χ1v) is 8.96. The maximum atomic E-state index is 12.7. The normalized spacial score (nSPS) is 12.0. The van der Waals surface area contributed by atoms with Crippen LogP contribution in [-0.2, 0) is 0 Å². The van der Waals surface area contributed by atoms with Crippen molar-refractivity contribution in [1.82, 2.24) is 14.8 Å². The van der Waals surface area contributed by atoms with Gasteiger partial charge in [0.05, 0.1) is 28.2 Å². The second kappa shape index (κ2) is 6.71. The average molecular weight is 379 g/mol. The summed E-state index contributed by atoms with van der Waals surface area (Å²) in [5, 5.41) is 14.5. The first-order valence-electron chi connectivity index (χ1n) is 7.77. The molecule has 7 heteroatoms. The van der Waals surface area contributed by atoms with Crippen LogP contribution in [0.15, 0.2) is 65.6 Å². The van der Waals surface area contributed by atoms with Crippen LogP contribution in [-0.4, -0.2) is 14.8 Å². The summed E-state index contributed by atoms with van der Waals surface area (Å²) in [6, 6.07) is 18.8. The number of para-hydroxylation sites is 2. The van der Waals surface area contributed by atoms with Crippen molar-refractivity contribution in [1.29, 1.82) is 5.26 Å². The SMILES string of the molecule is N#C[C@H](c1nc2ccccc2s1)c1cnn(-c2ccccc2)c(=O)c1Cl. The molecule has 2 aromatic carbocycles. The highest BCUT2D eigenvalue weighted by Crippen LogP contribution is 2.33. The Bertz CT molecular complexity index is 1160. The van der Waals surface area contributed by atoms with Crippen molar-refractivity contribution in [3.05, 3.63) is 86.7 Å². The summed E-state index contributed by atoms with van der Waals surface area (Å²) in [6.07, 6.45) is 1.47. The van der Waals surface area contributed by atoms with Gasteiger partial charge in [-0.15, -0.1) is 11.3 Å². The van der Waals surface area contributed by atoms with Gasteiger partial charge in [0, 0.05) is 5.56 Å². The zero-order valence-corrected chi connectivity index (χ0v) is 14.9. The molecule has 0 aliphatic carbocycles. The fourth-order valence-electron chi connectivity index (χ4n) is 2.67. The highest BCUT2D eigenvalue weighted by atomic mass is 35.5. The van der Waals surface area contributed by atoms with Crippen LogP contribution in [0.2, 0.25) is 5.02 Å². The van der Waals surface area contributed by atoms with E-state index in [1.165, 1.54) is 22.2 Å². The van der Waals surface area contributed by atoms with E-state index < -0.39 is 11.5 Å². The summed E-state index contributed by atoms with van der Waals surface area (Å²) >= 11 is 7.73. The smallest absolute Gasteiger partial charge is 0.266 e. The molecule has 0 aliphatic rings. The van der Waals surface area contributed by atoms with E-state index in [9.17, 15) is 10.1 Å². The zero-order valence-electron chi connectivity index (χ0n) is 13.3. The number of aromatic nitrogens is 3. The second-order valence-corrected chi connectivity index (χ2v) is 6.99. The van der Waals surface area contributed by atoms with Gasteiger partial charge in [0.25, 0.3) is 5.56 Å². The van der Waals surface area contributed by atoms with E-state index in [-0.39, 0.29) is 5.02 Å². The Balaban J connectivity index is 1.82. The van der Waals surface area contributed by atoms with Gasteiger partial charge >= 0.3 is 0 Å². The lowest BCUT2D eigenvalue weighted by molar-refractivity contribution is 0.789. The van der Waals surface area contributed by atoms with Crippen LogP contribution in [0.4, 0.5) is 0 Å². The first kappa shape index (κ1) is 16.5. The largest absolute Gasteiger partial charge is 0.290 e. The third-order valence-corrected chi connectivity index (χ3v) is 5.43. The molecular weight excluding hydrogens is 368 g/mol. The van der Waals surface area contributed by atoms with Crippen molar-refractivity contribution in [2.75, 3.05) is 0 Å². The van der Waals surface area contributed by atoms with E-state index >= 15 is 0 Å². The molecule has 5 nitrogen and oxygen atoms in total. The number of hydrogen-bond donors (Lipinski definition) is 0. The maximum absolute atomic E-state index is 12.7. The lowest BCUT2D eigenvalue weighted by Crippen LogP contribution is -2.23. The van der Waals surface area contributed by atoms with Crippen molar-refractivity contribution in [2.24, 2.45) is 0 Å². The summed E-state index contributed by atoms with van der Waals surface area (Å²) < 4.78 is 2.20. The van der Waals surface area contributed by atoms with Crippen LogP contribution in [0.1, 0.15) is 16.5 Å². The van der Waals surface area contributed by atoms with Crippen LogP contribution in [0.3, 0.4) is 0 Å². The van der Waals surface area contributed by atoms with Crippen LogP contribution >= 0.6 is 22.9 Å². The molecule has 0 spiro atoms. The molecule has 0 saturated carbocycles. The maximum Gasteiger partial charge on any atom is 0.290 e. The van der Waals surface area contributed by atoms with Gasteiger partial charge in [-0.05, 0) is 24.3 Å².